The maximum absolute atomic E-state index is 12.8. The van der Waals surface area contributed by atoms with E-state index in [1.165, 1.54) is 30.3 Å². The lowest BCUT2D eigenvalue weighted by Gasteiger charge is -2.13. The first-order valence-corrected chi connectivity index (χ1v) is 7.88. The second-order valence-corrected chi connectivity index (χ2v) is 5.39. The number of carbonyl (C=O) groups is 1. The molecular formula is C17H19FN4O4. The summed E-state index contributed by atoms with van der Waals surface area (Å²) in [6.07, 6.45) is 0. The highest BCUT2D eigenvalue weighted by atomic mass is 19.1. The second-order valence-electron chi connectivity index (χ2n) is 5.39. The molecule has 138 valence electrons. The standard InChI is InChI=1S/C17H19FN4O4/c18-13-3-1-12(2-4-13)10-21-17(24)11-20-16-9-14(22(25)26)5-6-15(16)19-7-8-23/h1-6,9,19-20,23H,7-8,10-11H2,(H,21,24). The first kappa shape index (κ1) is 19.1. The summed E-state index contributed by atoms with van der Waals surface area (Å²) in [5.74, 6) is -0.677. The number of aliphatic hydroxyl groups is 1. The summed E-state index contributed by atoms with van der Waals surface area (Å²) < 4.78 is 12.8. The Kier molecular flexibility index (Phi) is 6.86. The molecule has 0 radical (unpaired) electrons. The Morgan fingerprint density at radius 3 is 2.50 bits per heavy atom. The first-order chi connectivity index (χ1) is 12.5. The quantitative estimate of drug-likeness (QED) is 0.400. The van der Waals surface area contributed by atoms with Crippen molar-refractivity contribution in [1.82, 2.24) is 5.32 Å². The van der Waals surface area contributed by atoms with Crippen molar-refractivity contribution in [3.05, 3.63) is 64.0 Å². The number of nitrogens with one attached hydrogen (secondary N) is 3. The number of carbonyl (C=O) groups excluding carboxylic acids is 1. The summed E-state index contributed by atoms with van der Waals surface area (Å²) in [6, 6.07) is 9.91. The molecule has 4 N–H and O–H groups in total. The summed E-state index contributed by atoms with van der Waals surface area (Å²) >= 11 is 0. The minimum Gasteiger partial charge on any atom is -0.395 e. The van der Waals surface area contributed by atoms with Gasteiger partial charge in [-0.15, -0.1) is 0 Å². The number of benzene rings is 2. The van der Waals surface area contributed by atoms with Gasteiger partial charge in [0.05, 0.1) is 29.4 Å². The Morgan fingerprint density at radius 2 is 1.85 bits per heavy atom. The average molecular weight is 362 g/mol. The van der Waals surface area contributed by atoms with Gasteiger partial charge >= 0.3 is 0 Å². The van der Waals surface area contributed by atoms with E-state index in [0.717, 1.165) is 5.56 Å². The van der Waals surface area contributed by atoms with Crippen LogP contribution in [-0.2, 0) is 11.3 Å². The molecule has 0 saturated carbocycles. The van der Waals surface area contributed by atoms with Gasteiger partial charge in [0.15, 0.2) is 0 Å². The zero-order chi connectivity index (χ0) is 18.9. The van der Waals surface area contributed by atoms with Gasteiger partial charge in [0.1, 0.15) is 5.82 Å². The van der Waals surface area contributed by atoms with Gasteiger partial charge in [0.25, 0.3) is 5.69 Å². The number of hydrogen-bond acceptors (Lipinski definition) is 6. The van der Waals surface area contributed by atoms with Crippen LogP contribution >= 0.6 is 0 Å². The summed E-state index contributed by atoms with van der Waals surface area (Å²) in [5, 5.41) is 28.2. The Balaban J connectivity index is 1.95. The van der Waals surface area contributed by atoms with Crippen LogP contribution in [0.5, 0.6) is 0 Å². The van der Waals surface area contributed by atoms with E-state index in [2.05, 4.69) is 16.0 Å². The average Bonchev–Trinajstić information content (AvgIpc) is 2.64. The van der Waals surface area contributed by atoms with Gasteiger partial charge < -0.3 is 21.1 Å². The van der Waals surface area contributed by atoms with E-state index in [0.29, 0.717) is 11.4 Å². The highest BCUT2D eigenvalue weighted by molar-refractivity contribution is 5.83. The monoisotopic (exact) mass is 362 g/mol. The van der Waals surface area contributed by atoms with Crippen molar-refractivity contribution in [2.75, 3.05) is 30.3 Å². The molecule has 0 aliphatic heterocycles. The van der Waals surface area contributed by atoms with E-state index in [1.54, 1.807) is 12.1 Å². The van der Waals surface area contributed by atoms with Crippen molar-refractivity contribution in [3.8, 4) is 0 Å². The molecule has 0 unspecified atom stereocenters. The number of anilines is 2. The van der Waals surface area contributed by atoms with E-state index in [1.807, 2.05) is 0 Å². The predicted octanol–water partition coefficient (Wildman–Crippen LogP) is 1.87. The number of hydrogen-bond donors (Lipinski definition) is 4. The molecule has 8 nitrogen and oxygen atoms in total. The Morgan fingerprint density at radius 1 is 1.12 bits per heavy atom. The normalized spacial score (nSPS) is 10.2. The largest absolute Gasteiger partial charge is 0.395 e. The molecule has 2 aromatic carbocycles. The smallest absolute Gasteiger partial charge is 0.271 e. The lowest BCUT2D eigenvalue weighted by Crippen LogP contribution is -2.29. The van der Waals surface area contributed by atoms with Gasteiger partial charge in [-0.05, 0) is 23.8 Å². The number of nitrogens with zero attached hydrogens (tertiary/aromatic N) is 1. The van der Waals surface area contributed by atoms with E-state index in [9.17, 15) is 19.3 Å². The molecule has 9 heteroatoms. The first-order valence-electron chi connectivity index (χ1n) is 7.88. The van der Waals surface area contributed by atoms with E-state index in [4.69, 9.17) is 5.11 Å². The zero-order valence-corrected chi connectivity index (χ0v) is 13.9. The van der Waals surface area contributed by atoms with Crippen molar-refractivity contribution in [1.29, 1.82) is 0 Å². The van der Waals surface area contributed by atoms with Crippen LogP contribution in [0.1, 0.15) is 5.56 Å². The van der Waals surface area contributed by atoms with Crippen molar-refractivity contribution in [2.24, 2.45) is 0 Å². The zero-order valence-electron chi connectivity index (χ0n) is 13.9. The molecular weight excluding hydrogens is 343 g/mol. The van der Waals surface area contributed by atoms with Gasteiger partial charge in [-0.3, -0.25) is 14.9 Å². The van der Waals surface area contributed by atoms with Crippen molar-refractivity contribution in [3.63, 3.8) is 0 Å². The summed E-state index contributed by atoms with van der Waals surface area (Å²) in [4.78, 5) is 22.3. The lowest BCUT2D eigenvalue weighted by atomic mass is 10.2. The van der Waals surface area contributed by atoms with Crippen LogP contribution in [0.3, 0.4) is 0 Å². The van der Waals surface area contributed by atoms with Crippen LogP contribution in [0.4, 0.5) is 21.5 Å². The fourth-order valence-electron chi connectivity index (χ4n) is 2.18. The molecule has 0 atom stereocenters. The molecule has 26 heavy (non-hydrogen) atoms. The van der Waals surface area contributed by atoms with Crippen LogP contribution in [0.15, 0.2) is 42.5 Å². The van der Waals surface area contributed by atoms with Crippen molar-refractivity contribution >= 4 is 23.0 Å². The van der Waals surface area contributed by atoms with Crippen LogP contribution < -0.4 is 16.0 Å². The van der Waals surface area contributed by atoms with Gasteiger partial charge in [-0.2, -0.15) is 0 Å². The third-order valence-corrected chi connectivity index (χ3v) is 3.48. The van der Waals surface area contributed by atoms with E-state index in [-0.39, 0.29) is 43.7 Å². The van der Waals surface area contributed by atoms with Gasteiger partial charge in [-0.25, -0.2) is 4.39 Å². The maximum atomic E-state index is 12.8. The Labute approximate surface area is 149 Å². The second kappa shape index (κ2) is 9.33. The lowest BCUT2D eigenvalue weighted by molar-refractivity contribution is -0.384. The van der Waals surface area contributed by atoms with Gasteiger partial charge in [0, 0.05) is 25.2 Å². The number of non-ortho nitro benzene ring substituents is 1. The van der Waals surface area contributed by atoms with Crippen LogP contribution in [0.2, 0.25) is 0 Å². The van der Waals surface area contributed by atoms with E-state index >= 15 is 0 Å². The van der Waals surface area contributed by atoms with Crippen LogP contribution in [0, 0.1) is 15.9 Å². The number of aliphatic hydroxyl groups excluding tert-OH is 1. The third-order valence-electron chi connectivity index (χ3n) is 3.48. The molecule has 0 spiro atoms. The summed E-state index contributed by atoms with van der Waals surface area (Å²) in [7, 11) is 0. The number of nitro groups is 1. The molecule has 0 aliphatic carbocycles. The maximum Gasteiger partial charge on any atom is 0.271 e. The fraction of sp³-hybridized carbons (Fsp3) is 0.235. The molecule has 0 fully saturated rings. The molecule has 2 aromatic rings. The van der Waals surface area contributed by atoms with Crippen molar-refractivity contribution < 1.29 is 19.2 Å². The molecule has 0 bridgehead atoms. The number of rotatable bonds is 9. The fourth-order valence-corrected chi connectivity index (χ4v) is 2.18. The molecule has 2 rings (SSSR count). The highest BCUT2D eigenvalue weighted by Gasteiger charge is 2.11. The number of nitro benzene ring substituents is 1. The Bertz CT molecular complexity index is 768. The molecule has 0 aromatic heterocycles. The minimum absolute atomic E-state index is 0.101. The highest BCUT2D eigenvalue weighted by Crippen LogP contribution is 2.26. The van der Waals surface area contributed by atoms with Crippen LogP contribution in [-0.4, -0.2) is 35.6 Å². The molecule has 1 amide bonds. The summed E-state index contributed by atoms with van der Waals surface area (Å²) in [5.41, 5.74) is 1.55. The van der Waals surface area contributed by atoms with Crippen molar-refractivity contribution in [2.45, 2.75) is 6.54 Å². The van der Waals surface area contributed by atoms with Gasteiger partial charge in [0.2, 0.25) is 5.91 Å². The van der Waals surface area contributed by atoms with Crippen LogP contribution in [0.25, 0.3) is 0 Å². The molecule has 0 heterocycles. The number of amides is 1. The predicted molar refractivity (Wildman–Crippen MR) is 95.4 cm³/mol. The third kappa shape index (κ3) is 5.71. The SMILES string of the molecule is O=C(CNc1cc([N+](=O)[O-])ccc1NCCO)NCc1ccc(F)cc1. The van der Waals surface area contributed by atoms with Gasteiger partial charge in [-0.1, -0.05) is 12.1 Å². The number of halogens is 1. The minimum atomic E-state index is -0.532. The molecule has 0 saturated heterocycles. The topological polar surface area (TPSA) is 117 Å². The molecule has 0 aliphatic rings. The summed E-state index contributed by atoms with van der Waals surface area (Å²) in [6.45, 7) is 0.305. The Hall–Kier alpha value is -3.20. The van der Waals surface area contributed by atoms with E-state index < -0.39 is 4.92 Å².